The predicted molar refractivity (Wildman–Crippen MR) is 106 cm³/mol. The molecule has 4 nitrogen and oxygen atoms in total. The molecule has 2 aliphatic carbocycles. The number of thiazole rings is 1. The lowest BCUT2D eigenvalue weighted by molar-refractivity contribution is 0.0689. The van der Waals surface area contributed by atoms with E-state index in [1.807, 2.05) is 24.3 Å². The van der Waals surface area contributed by atoms with E-state index >= 15 is 0 Å². The summed E-state index contributed by atoms with van der Waals surface area (Å²) in [5, 5.41) is 11.0. The molecule has 0 bridgehead atoms. The first kappa shape index (κ1) is 16.1. The van der Waals surface area contributed by atoms with Gasteiger partial charge >= 0.3 is 5.97 Å². The fourth-order valence-corrected chi connectivity index (χ4v) is 4.93. The summed E-state index contributed by atoms with van der Waals surface area (Å²) < 4.78 is 1.36. The third-order valence-electron chi connectivity index (χ3n) is 5.16. The molecule has 0 unspecified atom stereocenters. The Bertz CT molecular complexity index is 1280. The van der Waals surface area contributed by atoms with Crippen molar-refractivity contribution < 1.29 is 9.90 Å². The highest BCUT2D eigenvalue weighted by atomic mass is 32.1. The van der Waals surface area contributed by atoms with Crippen LogP contribution in [0.4, 0.5) is 0 Å². The summed E-state index contributed by atoms with van der Waals surface area (Å²) in [5.74, 6) is -0.663. The van der Waals surface area contributed by atoms with Gasteiger partial charge in [-0.25, -0.2) is 4.79 Å². The zero-order chi connectivity index (χ0) is 18.5. The maximum atomic E-state index is 12.7. The van der Waals surface area contributed by atoms with Crippen LogP contribution in [0.15, 0.2) is 45.9 Å². The number of hydrogen-bond donors (Lipinski definition) is 1. The lowest BCUT2D eigenvalue weighted by atomic mass is 9.92. The second-order valence-electron chi connectivity index (χ2n) is 6.94. The minimum atomic E-state index is -1.07. The molecule has 0 spiro atoms. The van der Waals surface area contributed by atoms with E-state index in [9.17, 15) is 14.7 Å². The van der Waals surface area contributed by atoms with Gasteiger partial charge in [-0.15, -0.1) is 11.3 Å². The molecule has 1 saturated carbocycles. The summed E-state index contributed by atoms with van der Waals surface area (Å²) in [4.78, 5) is 25.0. The number of aromatic nitrogens is 1. The SMILES string of the molecule is O=C(O)c1csc2c(C3CC3)c(Cc3cccc4c3C=C=C=C4)cc(=O)n12. The second-order valence-corrected chi connectivity index (χ2v) is 7.79. The second kappa shape index (κ2) is 5.97. The summed E-state index contributed by atoms with van der Waals surface area (Å²) in [5.41, 5.74) is 11.2. The van der Waals surface area contributed by atoms with E-state index in [-0.39, 0.29) is 11.3 Å². The molecule has 0 aliphatic heterocycles. The zero-order valence-corrected chi connectivity index (χ0v) is 15.2. The Hall–Kier alpha value is -3.10. The van der Waals surface area contributed by atoms with E-state index in [1.165, 1.54) is 15.7 Å². The van der Waals surface area contributed by atoms with E-state index in [0.717, 1.165) is 45.5 Å². The number of fused-ring (bicyclic) bond motifs is 2. The van der Waals surface area contributed by atoms with Crippen LogP contribution < -0.4 is 5.56 Å². The summed E-state index contributed by atoms with van der Waals surface area (Å²) in [6.45, 7) is 0. The molecule has 0 saturated heterocycles. The largest absolute Gasteiger partial charge is 0.477 e. The molecule has 0 amide bonds. The fourth-order valence-electron chi connectivity index (χ4n) is 3.79. The average molecular weight is 373 g/mol. The smallest absolute Gasteiger partial charge is 0.353 e. The average Bonchev–Trinajstić information content (AvgIpc) is 3.39. The molecule has 0 radical (unpaired) electrons. The third kappa shape index (κ3) is 2.61. The quantitative estimate of drug-likeness (QED) is 0.542. The number of nitrogens with zero attached hydrogens (tertiary/aromatic N) is 1. The number of pyridine rings is 1. The van der Waals surface area contributed by atoms with Crippen molar-refractivity contribution in [3.63, 3.8) is 0 Å². The first-order chi connectivity index (χ1) is 13.1. The minimum Gasteiger partial charge on any atom is -0.477 e. The molecule has 1 fully saturated rings. The lowest BCUT2D eigenvalue weighted by Gasteiger charge is -2.14. The predicted octanol–water partition coefficient (Wildman–Crippen LogP) is 4.32. The highest BCUT2D eigenvalue weighted by molar-refractivity contribution is 7.16. The molecule has 2 aliphatic rings. The van der Waals surface area contributed by atoms with Crippen LogP contribution in [-0.2, 0) is 6.42 Å². The van der Waals surface area contributed by atoms with Crippen LogP contribution in [0.25, 0.3) is 17.0 Å². The van der Waals surface area contributed by atoms with Crippen molar-refractivity contribution in [1.82, 2.24) is 4.40 Å². The van der Waals surface area contributed by atoms with Crippen molar-refractivity contribution >= 4 is 34.3 Å². The summed E-state index contributed by atoms with van der Waals surface area (Å²) in [6.07, 6.45) is 6.66. The van der Waals surface area contributed by atoms with Crippen molar-refractivity contribution in [1.29, 1.82) is 0 Å². The number of hydrogen-bond acceptors (Lipinski definition) is 3. The van der Waals surface area contributed by atoms with E-state index in [2.05, 4.69) is 17.5 Å². The molecule has 5 rings (SSSR count). The van der Waals surface area contributed by atoms with E-state index < -0.39 is 5.97 Å². The van der Waals surface area contributed by atoms with Crippen LogP contribution >= 0.6 is 11.3 Å². The Morgan fingerprint density at radius 2 is 2.04 bits per heavy atom. The standard InChI is InChI=1S/C22H15NO3S/c24-19-11-16(10-15-6-3-5-13-4-1-2-7-17(13)15)20(14-8-9-14)21-23(19)18(12-27-21)22(25)26/h3-7,11-12,14H,8-10H2,(H,25,26). The number of carbonyl (C=O) groups is 1. The van der Waals surface area contributed by atoms with Gasteiger partial charge in [0, 0.05) is 11.4 Å². The van der Waals surface area contributed by atoms with Crippen molar-refractivity contribution in [2.45, 2.75) is 25.2 Å². The van der Waals surface area contributed by atoms with E-state index in [4.69, 9.17) is 0 Å². The highest BCUT2D eigenvalue weighted by Gasteiger charge is 2.31. The molecule has 27 heavy (non-hydrogen) atoms. The van der Waals surface area contributed by atoms with Gasteiger partial charge in [-0.3, -0.25) is 9.20 Å². The van der Waals surface area contributed by atoms with E-state index in [1.54, 1.807) is 11.4 Å². The molecular formula is C22H15NO3S. The van der Waals surface area contributed by atoms with Crippen LogP contribution in [-0.4, -0.2) is 15.5 Å². The number of carboxylic acid groups (broad SMARTS) is 1. The van der Waals surface area contributed by atoms with Gasteiger partial charge in [-0.05, 0) is 65.1 Å². The third-order valence-corrected chi connectivity index (χ3v) is 6.13. The van der Waals surface area contributed by atoms with Gasteiger partial charge in [0.05, 0.1) is 0 Å². The number of rotatable bonds is 4. The van der Waals surface area contributed by atoms with Crippen LogP contribution in [0.2, 0.25) is 0 Å². The Morgan fingerprint density at radius 3 is 2.81 bits per heavy atom. The van der Waals surface area contributed by atoms with Crippen LogP contribution in [0.3, 0.4) is 0 Å². The van der Waals surface area contributed by atoms with Gasteiger partial charge < -0.3 is 5.11 Å². The fraction of sp³-hybridized carbons (Fsp3) is 0.182. The van der Waals surface area contributed by atoms with Crippen molar-refractivity contribution in [2.24, 2.45) is 0 Å². The monoisotopic (exact) mass is 373 g/mol. The first-order valence-corrected chi connectivity index (χ1v) is 9.70. The molecule has 1 N–H and O–H groups in total. The number of carboxylic acids is 1. The first-order valence-electron chi connectivity index (χ1n) is 8.82. The molecular weight excluding hydrogens is 358 g/mol. The maximum absolute atomic E-state index is 12.7. The topological polar surface area (TPSA) is 58.8 Å². The Labute approximate surface area is 159 Å². The summed E-state index contributed by atoms with van der Waals surface area (Å²) in [6, 6.07) is 7.76. The molecule has 1 aromatic carbocycles. The molecule has 3 aromatic rings. The maximum Gasteiger partial charge on any atom is 0.353 e. The van der Waals surface area contributed by atoms with Crippen molar-refractivity contribution in [3.8, 4) is 0 Å². The van der Waals surface area contributed by atoms with E-state index in [0.29, 0.717) is 12.3 Å². The highest BCUT2D eigenvalue weighted by Crippen LogP contribution is 2.45. The Morgan fingerprint density at radius 1 is 1.22 bits per heavy atom. The van der Waals surface area contributed by atoms with Crippen molar-refractivity contribution in [2.75, 3.05) is 0 Å². The molecule has 5 heteroatoms. The number of benzene rings is 1. The molecule has 0 atom stereocenters. The normalized spacial score (nSPS) is 14.7. The van der Waals surface area contributed by atoms with Gasteiger partial charge in [0.2, 0.25) is 0 Å². The Balaban J connectivity index is 1.70. The van der Waals surface area contributed by atoms with Crippen molar-refractivity contribution in [3.05, 3.63) is 85.0 Å². The van der Waals surface area contributed by atoms with Crippen LogP contribution in [0.1, 0.15) is 57.1 Å². The molecule has 2 aromatic heterocycles. The molecule has 2 heterocycles. The van der Waals surface area contributed by atoms with Gasteiger partial charge in [0.1, 0.15) is 10.5 Å². The van der Waals surface area contributed by atoms with Gasteiger partial charge in [0.15, 0.2) is 0 Å². The molecule has 132 valence electrons. The number of aromatic carboxylic acids is 1. The van der Waals surface area contributed by atoms with Gasteiger partial charge in [-0.1, -0.05) is 29.7 Å². The summed E-state index contributed by atoms with van der Waals surface area (Å²) in [7, 11) is 0. The lowest BCUT2D eigenvalue weighted by Crippen LogP contribution is -2.19. The minimum absolute atomic E-state index is 0.0451. The Kier molecular flexibility index (Phi) is 3.56. The van der Waals surface area contributed by atoms with Crippen LogP contribution in [0.5, 0.6) is 0 Å². The van der Waals surface area contributed by atoms with Gasteiger partial charge in [0.25, 0.3) is 5.56 Å². The summed E-state index contributed by atoms with van der Waals surface area (Å²) >= 11 is 1.35. The van der Waals surface area contributed by atoms with Crippen LogP contribution in [0, 0.1) is 0 Å². The zero-order valence-electron chi connectivity index (χ0n) is 14.4. The van der Waals surface area contributed by atoms with Gasteiger partial charge in [-0.2, -0.15) is 0 Å².